The summed E-state index contributed by atoms with van der Waals surface area (Å²) in [5, 5.41) is 3.07. The maximum atomic E-state index is 12.1. The number of carbonyl (C=O) groups is 1. The van der Waals surface area contributed by atoms with E-state index >= 15 is 0 Å². The second kappa shape index (κ2) is 7.83. The molecule has 1 N–H and O–H groups in total. The Morgan fingerprint density at radius 2 is 1.88 bits per heavy atom. The van der Waals surface area contributed by atoms with Crippen molar-refractivity contribution in [1.82, 2.24) is 10.3 Å². The highest BCUT2D eigenvalue weighted by molar-refractivity contribution is 7.92. The lowest BCUT2D eigenvalue weighted by Crippen LogP contribution is -2.38. The molecule has 1 aromatic carbocycles. The van der Waals surface area contributed by atoms with Crippen molar-refractivity contribution in [2.24, 2.45) is 0 Å². The molecular formula is C15H15Cl2N3O3S. The average molecular weight is 388 g/mol. The molecule has 0 aliphatic rings. The zero-order valence-corrected chi connectivity index (χ0v) is 15.1. The molecule has 6 nitrogen and oxygen atoms in total. The van der Waals surface area contributed by atoms with E-state index in [-0.39, 0.29) is 34.7 Å². The Kier molecular flexibility index (Phi) is 6.04. The lowest BCUT2D eigenvalue weighted by Gasteiger charge is -2.24. The van der Waals surface area contributed by atoms with Gasteiger partial charge in [-0.15, -0.1) is 0 Å². The highest BCUT2D eigenvalue weighted by Crippen LogP contribution is 2.34. The van der Waals surface area contributed by atoms with Crippen LogP contribution in [0.3, 0.4) is 0 Å². The molecule has 0 unspecified atom stereocenters. The van der Waals surface area contributed by atoms with Crippen LogP contribution in [0.1, 0.15) is 10.4 Å². The van der Waals surface area contributed by atoms with Gasteiger partial charge in [-0.3, -0.25) is 14.1 Å². The summed E-state index contributed by atoms with van der Waals surface area (Å²) in [6, 6.07) is 7.98. The minimum atomic E-state index is -3.62. The van der Waals surface area contributed by atoms with E-state index in [2.05, 4.69) is 10.3 Å². The highest BCUT2D eigenvalue weighted by atomic mass is 35.5. The minimum absolute atomic E-state index is 0.00567. The summed E-state index contributed by atoms with van der Waals surface area (Å²) in [6.07, 6.45) is 4.03. The number of aromatic nitrogens is 1. The van der Waals surface area contributed by atoms with Crippen LogP contribution < -0.4 is 9.62 Å². The van der Waals surface area contributed by atoms with Crippen LogP contribution in [-0.2, 0) is 10.0 Å². The van der Waals surface area contributed by atoms with Gasteiger partial charge >= 0.3 is 0 Å². The van der Waals surface area contributed by atoms with Crippen molar-refractivity contribution in [2.75, 3.05) is 23.7 Å². The van der Waals surface area contributed by atoms with Crippen molar-refractivity contribution >= 4 is 44.8 Å². The number of para-hydroxylation sites is 1. The molecule has 0 fully saturated rings. The third kappa shape index (κ3) is 4.59. The fraction of sp³-hybridized carbons (Fsp3) is 0.200. The number of rotatable bonds is 6. The van der Waals surface area contributed by atoms with Crippen LogP contribution in [0, 0.1) is 0 Å². The fourth-order valence-corrected chi connectivity index (χ4v) is 3.69. The van der Waals surface area contributed by atoms with E-state index in [0.29, 0.717) is 5.56 Å². The van der Waals surface area contributed by atoms with Gasteiger partial charge in [0.25, 0.3) is 5.91 Å². The molecule has 0 radical (unpaired) electrons. The normalized spacial score (nSPS) is 11.1. The molecule has 0 spiro atoms. The molecule has 9 heteroatoms. The van der Waals surface area contributed by atoms with Gasteiger partial charge in [0.1, 0.15) is 0 Å². The summed E-state index contributed by atoms with van der Waals surface area (Å²) in [5.41, 5.74) is 0.582. The molecule has 24 heavy (non-hydrogen) atoms. The van der Waals surface area contributed by atoms with Crippen LogP contribution in [0.2, 0.25) is 10.0 Å². The van der Waals surface area contributed by atoms with Crippen molar-refractivity contribution in [3.63, 3.8) is 0 Å². The number of hydrogen-bond acceptors (Lipinski definition) is 4. The minimum Gasteiger partial charge on any atom is -0.350 e. The molecule has 1 heterocycles. The van der Waals surface area contributed by atoms with Crippen molar-refractivity contribution < 1.29 is 13.2 Å². The van der Waals surface area contributed by atoms with E-state index in [0.717, 1.165) is 10.6 Å². The third-order valence-electron chi connectivity index (χ3n) is 3.11. The number of carbonyl (C=O) groups excluding carboxylic acids is 1. The third-order valence-corrected chi connectivity index (χ3v) is 4.89. The fourth-order valence-electron chi connectivity index (χ4n) is 2.04. The van der Waals surface area contributed by atoms with Gasteiger partial charge in [0.05, 0.1) is 34.1 Å². The number of hydrogen-bond donors (Lipinski definition) is 1. The first-order valence-corrected chi connectivity index (χ1v) is 9.51. The molecule has 0 atom stereocenters. The summed E-state index contributed by atoms with van der Waals surface area (Å²) >= 11 is 12.2. The summed E-state index contributed by atoms with van der Waals surface area (Å²) in [7, 11) is -3.62. The number of amides is 1. The van der Waals surface area contributed by atoms with Gasteiger partial charge in [-0.2, -0.15) is 0 Å². The van der Waals surface area contributed by atoms with Crippen molar-refractivity contribution in [1.29, 1.82) is 0 Å². The van der Waals surface area contributed by atoms with Crippen LogP contribution in [0.4, 0.5) is 5.69 Å². The summed E-state index contributed by atoms with van der Waals surface area (Å²) in [4.78, 5) is 15.8. The quantitative estimate of drug-likeness (QED) is 0.825. The average Bonchev–Trinajstić information content (AvgIpc) is 2.52. The van der Waals surface area contributed by atoms with E-state index in [4.69, 9.17) is 23.2 Å². The topological polar surface area (TPSA) is 79.4 Å². The van der Waals surface area contributed by atoms with Gasteiger partial charge in [-0.1, -0.05) is 29.3 Å². The Morgan fingerprint density at radius 1 is 1.21 bits per heavy atom. The van der Waals surface area contributed by atoms with E-state index in [1.165, 1.54) is 6.20 Å². The Balaban J connectivity index is 2.13. The second-order valence-corrected chi connectivity index (χ2v) is 7.62. The number of sulfonamides is 1. The molecule has 2 aromatic rings. The Labute approximate surface area is 150 Å². The molecular weight excluding hydrogens is 373 g/mol. The maximum Gasteiger partial charge on any atom is 0.252 e. The number of benzene rings is 1. The van der Waals surface area contributed by atoms with Crippen LogP contribution in [0.25, 0.3) is 0 Å². The number of pyridine rings is 1. The summed E-state index contributed by atoms with van der Waals surface area (Å²) in [6.45, 7) is 0.0800. The summed E-state index contributed by atoms with van der Waals surface area (Å²) < 4.78 is 25.2. The molecule has 1 amide bonds. The van der Waals surface area contributed by atoms with Crippen LogP contribution >= 0.6 is 23.2 Å². The molecule has 0 aliphatic carbocycles. The zero-order valence-electron chi connectivity index (χ0n) is 12.7. The Bertz CT molecular complexity index is 809. The van der Waals surface area contributed by atoms with Gasteiger partial charge in [-0.25, -0.2) is 8.42 Å². The Morgan fingerprint density at radius 3 is 2.42 bits per heavy atom. The molecule has 0 saturated heterocycles. The number of nitrogens with zero attached hydrogens (tertiary/aromatic N) is 2. The first-order valence-electron chi connectivity index (χ1n) is 6.90. The van der Waals surface area contributed by atoms with Gasteiger partial charge in [0.2, 0.25) is 10.0 Å². The number of anilines is 1. The standard InChI is InChI=1S/C15H15Cl2N3O3S/c1-24(22,23)20(14-12(16)5-2-6-13(14)17)9-8-19-15(21)11-4-3-7-18-10-11/h2-7,10H,8-9H2,1H3,(H,19,21). The summed E-state index contributed by atoms with van der Waals surface area (Å²) in [5.74, 6) is -0.346. The Hall–Kier alpha value is -1.83. The second-order valence-electron chi connectivity index (χ2n) is 4.90. The number of nitrogens with one attached hydrogen (secondary N) is 1. The van der Waals surface area contributed by atoms with E-state index in [1.54, 1.807) is 36.5 Å². The van der Waals surface area contributed by atoms with E-state index in [1.807, 2.05) is 0 Å². The predicted octanol–water partition coefficient (Wildman–Crippen LogP) is 2.58. The van der Waals surface area contributed by atoms with Crippen LogP contribution in [-0.4, -0.2) is 38.7 Å². The predicted molar refractivity (Wildman–Crippen MR) is 95.2 cm³/mol. The molecule has 2 rings (SSSR count). The van der Waals surface area contributed by atoms with Crippen LogP contribution in [0.15, 0.2) is 42.7 Å². The maximum absolute atomic E-state index is 12.1. The SMILES string of the molecule is CS(=O)(=O)N(CCNC(=O)c1cccnc1)c1c(Cl)cccc1Cl. The van der Waals surface area contributed by atoms with Gasteiger partial charge in [0.15, 0.2) is 0 Å². The largest absolute Gasteiger partial charge is 0.350 e. The first-order chi connectivity index (χ1) is 11.3. The molecule has 1 aromatic heterocycles. The zero-order chi connectivity index (χ0) is 17.7. The molecule has 128 valence electrons. The van der Waals surface area contributed by atoms with Crippen molar-refractivity contribution in [3.05, 3.63) is 58.3 Å². The van der Waals surface area contributed by atoms with Gasteiger partial charge in [0, 0.05) is 18.9 Å². The number of halogens is 2. The van der Waals surface area contributed by atoms with Crippen molar-refractivity contribution in [3.8, 4) is 0 Å². The van der Waals surface area contributed by atoms with Gasteiger partial charge in [-0.05, 0) is 24.3 Å². The lowest BCUT2D eigenvalue weighted by atomic mass is 10.2. The van der Waals surface area contributed by atoms with Gasteiger partial charge < -0.3 is 5.32 Å². The monoisotopic (exact) mass is 387 g/mol. The van der Waals surface area contributed by atoms with Crippen molar-refractivity contribution in [2.45, 2.75) is 0 Å². The molecule has 0 saturated carbocycles. The smallest absolute Gasteiger partial charge is 0.252 e. The lowest BCUT2D eigenvalue weighted by molar-refractivity contribution is 0.0954. The highest BCUT2D eigenvalue weighted by Gasteiger charge is 2.22. The first kappa shape index (κ1) is 18.5. The molecule has 0 bridgehead atoms. The van der Waals surface area contributed by atoms with Crippen LogP contribution in [0.5, 0.6) is 0 Å². The molecule has 0 aliphatic heterocycles. The van der Waals surface area contributed by atoms with E-state index < -0.39 is 10.0 Å². The van der Waals surface area contributed by atoms with E-state index in [9.17, 15) is 13.2 Å².